The number of nitrogens with zero attached hydrogens (tertiary/aromatic N) is 4. The zero-order valence-corrected chi connectivity index (χ0v) is 25.6. The lowest BCUT2D eigenvalue weighted by atomic mass is 10.0. The maximum Gasteiger partial charge on any atom is 0.416 e. The summed E-state index contributed by atoms with van der Waals surface area (Å²) in [7, 11) is 0. The molecule has 2 aromatic heterocycles. The highest BCUT2D eigenvalue weighted by Crippen LogP contribution is 2.40. The number of rotatable bonds is 7. The summed E-state index contributed by atoms with van der Waals surface area (Å²) in [5, 5.41) is 0. The van der Waals surface area contributed by atoms with Crippen LogP contribution in [0.1, 0.15) is 56.6 Å². The van der Waals surface area contributed by atoms with Gasteiger partial charge in [0.05, 0.1) is 12.2 Å². The van der Waals surface area contributed by atoms with Gasteiger partial charge in [-0.1, -0.05) is 12.1 Å². The summed E-state index contributed by atoms with van der Waals surface area (Å²) in [6.45, 7) is 9.35. The van der Waals surface area contributed by atoms with Gasteiger partial charge in [0.1, 0.15) is 29.3 Å². The van der Waals surface area contributed by atoms with Crippen LogP contribution in [0.5, 0.6) is 17.2 Å². The van der Waals surface area contributed by atoms with E-state index in [1.54, 1.807) is 65.0 Å². The van der Waals surface area contributed by atoms with Crippen molar-refractivity contribution in [3.8, 4) is 22.9 Å². The highest BCUT2D eigenvalue weighted by Gasteiger charge is 2.31. The zero-order valence-electron chi connectivity index (χ0n) is 25.6. The number of carbonyl (C=O) groups excluding carboxylic acids is 2. The summed E-state index contributed by atoms with van der Waals surface area (Å²) >= 11 is 0. The van der Waals surface area contributed by atoms with E-state index < -0.39 is 34.5 Å². The number of hydrogen-bond donors (Lipinski definition) is 0. The molecule has 0 N–H and O–H groups in total. The van der Waals surface area contributed by atoms with Gasteiger partial charge in [-0.25, -0.2) is 23.5 Å². The molecule has 0 saturated heterocycles. The van der Waals surface area contributed by atoms with E-state index in [9.17, 15) is 23.6 Å². The van der Waals surface area contributed by atoms with Crippen molar-refractivity contribution < 1.29 is 28.2 Å². The van der Waals surface area contributed by atoms with Gasteiger partial charge in [-0.3, -0.25) is 19.1 Å². The molecular formula is C33H33FN4O7. The lowest BCUT2D eigenvalue weighted by Gasteiger charge is -2.31. The van der Waals surface area contributed by atoms with Crippen LogP contribution in [0.3, 0.4) is 0 Å². The Morgan fingerprint density at radius 2 is 1.71 bits per heavy atom. The first-order valence-electron chi connectivity index (χ1n) is 14.4. The number of ketones is 1. The molecule has 0 saturated carbocycles. The van der Waals surface area contributed by atoms with Gasteiger partial charge in [-0.2, -0.15) is 0 Å². The molecule has 0 fully saturated rings. The van der Waals surface area contributed by atoms with E-state index in [1.807, 2.05) is 0 Å². The quantitative estimate of drug-likeness (QED) is 0.251. The molecule has 0 unspecified atom stereocenters. The van der Waals surface area contributed by atoms with Crippen LogP contribution < -0.4 is 25.6 Å². The lowest BCUT2D eigenvalue weighted by molar-refractivity contribution is 0.0565. The number of Topliss-reactive ketones (excluding diaryl/α,β-unsaturated/α-hetero) is 1. The van der Waals surface area contributed by atoms with E-state index in [-0.39, 0.29) is 42.7 Å². The van der Waals surface area contributed by atoms with Gasteiger partial charge in [-0.15, -0.1) is 0 Å². The molecule has 5 rings (SSSR count). The number of benzene rings is 2. The van der Waals surface area contributed by atoms with Gasteiger partial charge < -0.3 is 14.2 Å². The van der Waals surface area contributed by atoms with Crippen LogP contribution in [0.4, 0.5) is 15.0 Å². The fraction of sp³-hybridized carbons (Fsp3) is 0.303. The Kier molecular flexibility index (Phi) is 8.58. The minimum Gasteiger partial charge on any atom is -0.484 e. The predicted octanol–water partition coefficient (Wildman–Crippen LogP) is 5.47. The molecule has 0 spiro atoms. The van der Waals surface area contributed by atoms with Crippen molar-refractivity contribution in [1.29, 1.82) is 0 Å². The Balaban J connectivity index is 1.37. The Morgan fingerprint density at radius 1 is 1.02 bits per heavy atom. The molecule has 0 atom stereocenters. The minimum atomic E-state index is -0.781. The lowest BCUT2D eigenvalue weighted by Crippen LogP contribution is -2.42. The molecule has 0 bridgehead atoms. The van der Waals surface area contributed by atoms with E-state index in [0.717, 1.165) is 16.7 Å². The van der Waals surface area contributed by atoms with Crippen LogP contribution in [0.25, 0.3) is 5.69 Å². The normalized spacial score (nSPS) is 12.8. The van der Waals surface area contributed by atoms with Crippen molar-refractivity contribution in [3.63, 3.8) is 0 Å². The average molecular weight is 617 g/mol. The Labute approximate surface area is 258 Å². The summed E-state index contributed by atoms with van der Waals surface area (Å²) < 4.78 is 33.1. The highest BCUT2D eigenvalue weighted by molar-refractivity contribution is 5.97. The molecule has 1 aliphatic rings. The van der Waals surface area contributed by atoms with Gasteiger partial charge in [0.15, 0.2) is 17.4 Å². The number of amides is 1. The second-order valence-electron chi connectivity index (χ2n) is 11.7. The average Bonchev–Trinajstić information content (AvgIpc) is 2.98. The van der Waals surface area contributed by atoms with Gasteiger partial charge >= 0.3 is 11.8 Å². The third-order valence-electron chi connectivity index (χ3n) is 6.85. The Morgan fingerprint density at radius 3 is 2.36 bits per heavy atom. The summed E-state index contributed by atoms with van der Waals surface area (Å²) in [4.78, 5) is 58.3. The summed E-state index contributed by atoms with van der Waals surface area (Å²) in [6.07, 6.45) is 2.12. The topological polar surface area (TPSA) is 122 Å². The largest absolute Gasteiger partial charge is 0.484 e. The maximum atomic E-state index is 13.5. The van der Waals surface area contributed by atoms with E-state index in [0.29, 0.717) is 22.8 Å². The van der Waals surface area contributed by atoms with Gasteiger partial charge in [-0.05, 0) is 76.6 Å². The number of pyridine rings is 1. The van der Waals surface area contributed by atoms with Crippen molar-refractivity contribution in [3.05, 3.63) is 105 Å². The van der Waals surface area contributed by atoms with E-state index in [1.165, 1.54) is 34.0 Å². The van der Waals surface area contributed by atoms with Gasteiger partial charge in [0, 0.05) is 30.9 Å². The van der Waals surface area contributed by atoms with Crippen LogP contribution in [-0.4, -0.2) is 44.7 Å². The van der Waals surface area contributed by atoms with Crippen LogP contribution in [0.2, 0.25) is 0 Å². The number of ether oxygens (including phenoxy) is 3. The fourth-order valence-corrected chi connectivity index (χ4v) is 4.70. The molecule has 4 aromatic rings. The van der Waals surface area contributed by atoms with Crippen LogP contribution in [0.15, 0.2) is 76.6 Å². The predicted molar refractivity (Wildman–Crippen MR) is 165 cm³/mol. The number of anilines is 1. The minimum absolute atomic E-state index is 0.117. The van der Waals surface area contributed by atoms with Crippen LogP contribution >= 0.6 is 0 Å². The third-order valence-corrected chi connectivity index (χ3v) is 6.85. The van der Waals surface area contributed by atoms with E-state index >= 15 is 0 Å². The Bertz CT molecular complexity index is 1860. The third kappa shape index (κ3) is 6.79. The van der Waals surface area contributed by atoms with Crippen molar-refractivity contribution in [2.75, 3.05) is 18.1 Å². The van der Waals surface area contributed by atoms with Gasteiger partial charge in [0.25, 0.3) is 5.56 Å². The molecule has 0 aliphatic carbocycles. The van der Waals surface area contributed by atoms with E-state index in [4.69, 9.17) is 14.2 Å². The first kappa shape index (κ1) is 31.2. The SMILES string of the molecule is CC(C)n1cc(C(=O)Cc2ccc(Oc3ccnc4c3OCCN4C(=O)OC(C)(C)C)cc2)c(=O)n(-c2ccc(F)cc2)c1=O. The number of carbonyl (C=O) groups is 2. The van der Waals surface area contributed by atoms with Crippen molar-refractivity contribution in [2.24, 2.45) is 0 Å². The number of hydrogen-bond acceptors (Lipinski definition) is 8. The first-order chi connectivity index (χ1) is 21.3. The first-order valence-corrected chi connectivity index (χ1v) is 14.4. The highest BCUT2D eigenvalue weighted by atomic mass is 19.1. The summed E-state index contributed by atoms with van der Waals surface area (Å²) in [6, 6.07) is 12.9. The molecule has 45 heavy (non-hydrogen) atoms. The second kappa shape index (κ2) is 12.4. The molecule has 1 amide bonds. The standard InChI is InChI=1S/C33H33FN4O7/c1-20(2)37-19-25(30(40)38(31(37)41)23-10-8-22(34)9-11-23)26(39)18-21-6-12-24(13-7-21)44-27-14-15-35-29-28(27)43-17-16-36(29)32(42)45-33(3,4)5/h6-15,19-20H,16-18H2,1-5H3. The molecule has 2 aromatic carbocycles. The van der Waals surface area contributed by atoms with E-state index in [2.05, 4.69) is 4.98 Å². The molecule has 3 heterocycles. The van der Waals surface area contributed by atoms with Gasteiger partial charge in [0.2, 0.25) is 5.75 Å². The van der Waals surface area contributed by atoms with Crippen molar-refractivity contribution in [2.45, 2.75) is 52.7 Å². The second-order valence-corrected chi connectivity index (χ2v) is 11.7. The summed E-state index contributed by atoms with van der Waals surface area (Å²) in [5.74, 6) is 0.349. The molecule has 0 radical (unpaired) electrons. The molecule has 1 aliphatic heterocycles. The monoisotopic (exact) mass is 616 g/mol. The molecule has 234 valence electrons. The zero-order chi connectivity index (χ0) is 32.5. The van der Waals surface area contributed by atoms with Crippen molar-refractivity contribution in [1.82, 2.24) is 14.1 Å². The van der Waals surface area contributed by atoms with Crippen molar-refractivity contribution >= 4 is 17.7 Å². The van der Waals surface area contributed by atoms with Crippen LogP contribution in [0, 0.1) is 5.82 Å². The number of fused-ring (bicyclic) bond motifs is 1. The molecular weight excluding hydrogens is 583 g/mol. The molecule has 12 heteroatoms. The maximum absolute atomic E-state index is 13.5. The molecule has 11 nitrogen and oxygen atoms in total. The number of halogens is 1. The smallest absolute Gasteiger partial charge is 0.416 e. The fourth-order valence-electron chi connectivity index (χ4n) is 4.70. The summed E-state index contributed by atoms with van der Waals surface area (Å²) in [5.41, 5.74) is -1.49. The number of aromatic nitrogens is 3. The van der Waals surface area contributed by atoms with Crippen LogP contribution in [-0.2, 0) is 11.2 Å². The Hall–Kier alpha value is -5.26.